The fourth-order valence-electron chi connectivity index (χ4n) is 2.28. The van der Waals surface area contributed by atoms with Gasteiger partial charge in [0.15, 0.2) is 0 Å². The summed E-state index contributed by atoms with van der Waals surface area (Å²) < 4.78 is 5.59. The van der Waals surface area contributed by atoms with Gasteiger partial charge in [0.05, 0.1) is 13.1 Å². The van der Waals surface area contributed by atoms with Gasteiger partial charge in [0.2, 0.25) is 23.6 Å². The molecular formula is C18H25N5O3. The summed E-state index contributed by atoms with van der Waals surface area (Å²) in [6, 6.07) is 6.96. The van der Waals surface area contributed by atoms with Crippen molar-refractivity contribution in [3.8, 4) is 0 Å². The van der Waals surface area contributed by atoms with E-state index in [1.165, 1.54) is 6.92 Å². The number of carbonyl (C=O) groups is 2. The average Bonchev–Trinajstić information content (AvgIpc) is 3.04. The van der Waals surface area contributed by atoms with Crippen LogP contribution < -0.4 is 10.6 Å². The van der Waals surface area contributed by atoms with E-state index in [-0.39, 0.29) is 24.3 Å². The van der Waals surface area contributed by atoms with Gasteiger partial charge in [0.1, 0.15) is 0 Å². The Morgan fingerprint density at radius 1 is 1.12 bits per heavy atom. The molecular weight excluding hydrogens is 334 g/mol. The van der Waals surface area contributed by atoms with E-state index in [9.17, 15) is 9.59 Å². The minimum Gasteiger partial charge on any atom is -0.424 e. The van der Waals surface area contributed by atoms with Crippen LogP contribution >= 0.6 is 0 Å². The largest absolute Gasteiger partial charge is 0.424 e. The predicted octanol–water partition coefficient (Wildman–Crippen LogP) is 2.61. The lowest BCUT2D eigenvalue weighted by Gasteiger charge is -2.17. The van der Waals surface area contributed by atoms with Crippen LogP contribution in [0.1, 0.15) is 45.4 Å². The highest BCUT2D eigenvalue weighted by molar-refractivity contribution is 5.93. The molecule has 2 rings (SSSR count). The molecule has 0 bridgehead atoms. The van der Waals surface area contributed by atoms with E-state index in [1.54, 1.807) is 24.3 Å². The average molecular weight is 359 g/mol. The van der Waals surface area contributed by atoms with Crippen molar-refractivity contribution < 1.29 is 14.0 Å². The maximum Gasteiger partial charge on any atom is 0.238 e. The van der Waals surface area contributed by atoms with Gasteiger partial charge in [0.25, 0.3) is 0 Å². The first-order chi connectivity index (χ1) is 12.4. The lowest BCUT2D eigenvalue weighted by Crippen LogP contribution is -2.32. The lowest BCUT2D eigenvalue weighted by atomic mass is 10.2. The highest BCUT2D eigenvalue weighted by Crippen LogP contribution is 2.15. The SMILES string of the molecule is CCN(CC(=O)Nc1ccc(NC(C)=O)cc1)Cc1nnc(C(C)C)o1. The van der Waals surface area contributed by atoms with E-state index in [4.69, 9.17) is 4.42 Å². The normalized spacial score (nSPS) is 11.0. The number of aromatic nitrogens is 2. The number of carbonyl (C=O) groups excluding carboxylic acids is 2. The van der Waals surface area contributed by atoms with Gasteiger partial charge in [-0.15, -0.1) is 10.2 Å². The molecule has 0 aliphatic heterocycles. The van der Waals surface area contributed by atoms with Gasteiger partial charge >= 0.3 is 0 Å². The molecule has 2 aromatic rings. The van der Waals surface area contributed by atoms with E-state index < -0.39 is 0 Å². The van der Waals surface area contributed by atoms with Crippen molar-refractivity contribution in [2.45, 2.75) is 40.2 Å². The molecule has 0 saturated carbocycles. The number of likely N-dealkylation sites (N-methyl/N-ethyl adjacent to an activating group) is 1. The summed E-state index contributed by atoms with van der Waals surface area (Å²) in [6.45, 7) is 8.69. The standard InChI is InChI=1S/C18H25N5O3/c1-5-23(11-17-21-22-18(26-17)12(2)3)10-16(25)20-15-8-6-14(7-9-15)19-13(4)24/h6-9,12H,5,10-11H2,1-4H3,(H,19,24)(H,20,25). The van der Waals surface area contributed by atoms with Crippen LogP contribution in [0.4, 0.5) is 11.4 Å². The molecule has 26 heavy (non-hydrogen) atoms. The molecule has 1 aromatic carbocycles. The van der Waals surface area contributed by atoms with E-state index in [0.29, 0.717) is 36.2 Å². The third-order valence-electron chi connectivity index (χ3n) is 3.64. The number of rotatable bonds is 8. The quantitative estimate of drug-likeness (QED) is 0.751. The fourth-order valence-corrected chi connectivity index (χ4v) is 2.28. The minimum absolute atomic E-state index is 0.136. The molecule has 0 fully saturated rings. The van der Waals surface area contributed by atoms with Crippen LogP contribution in [0, 0.1) is 0 Å². The third kappa shape index (κ3) is 5.96. The summed E-state index contributed by atoms with van der Waals surface area (Å²) in [5.41, 5.74) is 1.35. The maximum atomic E-state index is 12.3. The molecule has 2 N–H and O–H groups in total. The summed E-state index contributed by atoms with van der Waals surface area (Å²) in [6.07, 6.45) is 0. The van der Waals surface area contributed by atoms with Crippen LogP contribution in [0.15, 0.2) is 28.7 Å². The molecule has 8 nitrogen and oxygen atoms in total. The zero-order valence-electron chi connectivity index (χ0n) is 15.6. The number of benzene rings is 1. The molecule has 2 amide bonds. The Labute approximate surface area is 153 Å². The highest BCUT2D eigenvalue weighted by atomic mass is 16.4. The van der Waals surface area contributed by atoms with Crippen LogP contribution in [0.3, 0.4) is 0 Å². The number of hydrogen-bond acceptors (Lipinski definition) is 6. The van der Waals surface area contributed by atoms with Gasteiger partial charge in [-0.2, -0.15) is 0 Å². The molecule has 0 aliphatic rings. The Morgan fingerprint density at radius 2 is 1.73 bits per heavy atom. The second-order valence-corrected chi connectivity index (χ2v) is 6.30. The second-order valence-electron chi connectivity index (χ2n) is 6.30. The Kier molecular flexibility index (Phi) is 6.85. The van der Waals surface area contributed by atoms with Crippen LogP contribution in [0.25, 0.3) is 0 Å². The molecule has 0 unspecified atom stereocenters. The number of amides is 2. The zero-order valence-corrected chi connectivity index (χ0v) is 15.6. The van der Waals surface area contributed by atoms with Gasteiger partial charge < -0.3 is 15.1 Å². The predicted molar refractivity (Wildman–Crippen MR) is 98.7 cm³/mol. The first-order valence-corrected chi connectivity index (χ1v) is 8.59. The van der Waals surface area contributed by atoms with Crippen molar-refractivity contribution in [3.63, 3.8) is 0 Å². The maximum absolute atomic E-state index is 12.3. The molecule has 0 atom stereocenters. The van der Waals surface area contributed by atoms with Crippen molar-refractivity contribution in [2.75, 3.05) is 23.7 Å². The molecule has 8 heteroatoms. The monoisotopic (exact) mass is 359 g/mol. The van der Waals surface area contributed by atoms with Crippen molar-refractivity contribution in [1.29, 1.82) is 0 Å². The number of anilines is 2. The smallest absolute Gasteiger partial charge is 0.238 e. The molecule has 0 aliphatic carbocycles. The molecule has 140 valence electrons. The first-order valence-electron chi connectivity index (χ1n) is 8.59. The summed E-state index contributed by atoms with van der Waals surface area (Å²) in [4.78, 5) is 25.2. The first kappa shape index (κ1) is 19.6. The van der Waals surface area contributed by atoms with Gasteiger partial charge in [-0.1, -0.05) is 20.8 Å². The molecule has 0 saturated heterocycles. The Balaban J connectivity index is 1.88. The highest BCUT2D eigenvalue weighted by Gasteiger charge is 2.15. The topological polar surface area (TPSA) is 100 Å². The van der Waals surface area contributed by atoms with E-state index in [2.05, 4.69) is 20.8 Å². The fraction of sp³-hybridized carbons (Fsp3) is 0.444. The summed E-state index contributed by atoms with van der Waals surface area (Å²) in [5.74, 6) is 1.00. The number of nitrogens with one attached hydrogen (secondary N) is 2. The molecule has 1 aromatic heterocycles. The van der Waals surface area contributed by atoms with E-state index >= 15 is 0 Å². The van der Waals surface area contributed by atoms with Crippen molar-refractivity contribution in [2.24, 2.45) is 0 Å². The molecule has 0 radical (unpaired) electrons. The minimum atomic E-state index is -0.137. The Hall–Kier alpha value is -2.74. The third-order valence-corrected chi connectivity index (χ3v) is 3.64. The second kappa shape index (κ2) is 9.10. The zero-order chi connectivity index (χ0) is 19.1. The van der Waals surface area contributed by atoms with Gasteiger partial charge in [-0.3, -0.25) is 14.5 Å². The van der Waals surface area contributed by atoms with Gasteiger partial charge in [-0.25, -0.2) is 0 Å². The summed E-state index contributed by atoms with van der Waals surface area (Å²) in [7, 11) is 0. The number of hydrogen-bond donors (Lipinski definition) is 2. The van der Waals surface area contributed by atoms with Crippen LogP contribution in [-0.4, -0.2) is 40.0 Å². The lowest BCUT2D eigenvalue weighted by molar-refractivity contribution is -0.117. The number of nitrogens with zero attached hydrogens (tertiary/aromatic N) is 3. The van der Waals surface area contributed by atoms with Crippen molar-refractivity contribution in [1.82, 2.24) is 15.1 Å². The Morgan fingerprint density at radius 3 is 2.23 bits per heavy atom. The van der Waals surface area contributed by atoms with Crippen LogP contribution in [0.2, 0.25) is 0 Å². The van der Waals surface area contributed by atoms with E-state index in [1.807, 2.05) is 25.7 Å². The van der Waals surface area contributed by atoms with Crippen molar-refractivity contribution >= 4 is 23.2 Å². The van der Waals surface area contributed by atoms with Crippen molar-refractivity contribution in [3.05, 3.63) is 36.0 Å². The van der Waals surface area contributed by atoms with Crippen LogP contribution in [0.5, 0.6) is 0 Å². The summed E-state index contributed by atoms with van der Waals surface area (Å²) in [5, 5.41) is 13.5. The van der Waals surface area contributed by atoms with E-state index in [0.717, 1.165) is 0 Å². The molecule has 1 heterocycles. The van der Waals surface area contributed by atoms with Crippen LogP contribution in [-0.2, 0) is 16.1 Å². The summed E-state index contributed by atoms with van der Waals surface area (Å²) >= 11 is 0. The van der Waals surface area contributed by atoms with Gasteiger partial charge in [-0.05, 0) is 30.8 Å². The Bertz CT molecular complexity index is 740. The van der Waals surface area contributed by atoms with Gasteiger partial charge in [0, 0.05) is 24.2 Å². The molecule has 0 spiro atoms.